The molecule has 0 saturated carbocycles. The van der Waals surface area contributed by atoms with E-state index in [1.807, 2.05) is 19.1 Å². The Morgan fingerprint density at radius 1 is 1.14 bits per heavy atom. The van der Waals surface area contributed by atoms with Crippen LogP contribution in [0.1, 0.15) is 54.1 Å². The van der Waals surface area contributed by atoms with Crippen molar-refractivity contribution in [3.63, 3.8) is 0 Å². The molecule has 0 spiro atoms. The van der Waals surface area contributed by atoms with Crippen molar-refractivity contribution in [3.05, 3.63) is 64.7 Å². The largest absolute Gasteiger partial charge is 0.489 e. The molecule has 1 fully saturated rings. The molecule has 0 aliphatic carbocycles. The van der Waals surface area contributed by atoms with E-state index < -0.39 is 17.8 Å². The number of ether oxygens (including phenoxy) is 1. The van der Waals surface area contributed by atoms with Gasteiger partial charge in [-0.2, -0.15) is 0 Å². The standard InChI is InChI=1S/C27H32N4O6/c1-17(13-18-3-2-4-19(14-18)26(28)29)16-31(24(32)7-8-25(33)34)20-5-6-23(22(15-20)27(35)36)37-21-9-11-30-12-10-21/h2-6,13-15,21,30H,7-12,16H2,1H3,(H3,28,29)(H,33,34)(H,35,36). The first-order chi connectivity index (χ1) is 17.6. The fraction of sp³-hybridized carbons (Fsp3) is 0.333. The van der Waals surface area contributed by atoms with Gasteiger partial charge in [0.2, 0.25) is 5.91 Å². The number of nitrogens with zero attached hydrogens (tertiary/aromatic N) is 1. The molecule has 1 aliphatic rings. The Morgan fingerprint density at radius 3 is 2.51 bits per heavy atom. The second kappa shape index (κ2) is 12.7. The highest BCUT2D eigenvalue weighted by atomic mass is 16.5. The number of nitrogens with one attached hydrogen (secondary N) is 2. The third-order valence-corrected chi connectivity index (χ3v) is 5.96. The number of hydrogen-bond donors (Lipinski definition) is 5. The fourth-order valence-corrected chi connectivity index (χ4v) is 4.10. The van der Waals surface area contributed by atoms with E-state index >= 15 is 0 Å². The predicted octanol–water partition coefficient (Wildman–Crippen LogP) is 3.10. The average Bonchev–Trinajstić information content (AvgIpc) is 2.86. The summed E-state index contributed by atoms with van der Waals surface area (Å²) in [7, 11) is 0. The van der Waals surface area contributed by atoms with Crippen LogP contribution in [0, 0.1) is 5.41 Å². The number of aromatic carboxylic acids is 1. The smallest absolute Gasteiger partial charge is 0.339 e. The van der Waals surface area contributed by atoms with Crippen molar-refractivity contribution >= 4 is 35.4 Å². The van der Waals surface area contributed by atoms with E-state index in [4.69, 9.17) is 21.0 Å². The van der Waals surface area contributed by atoms with Gasteiger partial charge in [-0.25, -0.2) is 4.79 Å². The number of carbonyl (C=O) groups excluding carboxylic acids is 1. The molecule has 2 aromatic rings. The summed E-state index contributed by atoms with van der Waals surface area (Å²) in [6.07, 6.45) is 2.66. The summed E-state index contributed by atoms with van der Waals surface area (Å²) in [5, 5.41) is 29.8. The maximum Gasteiger partial charge on any atom is 0.339 e. The van der Waals surface area contributed by atoms with Gasteiger partial charge in [0.05, 0.1) is 6.42 Å². The van der Waals surface area contributed by atoms with Gasteiger partial charge in [-0.3, -0.25) is 15.0 Å². The quantitative estimate of drug-likeness (QED) is 0.228. The Hall–Kier alpha value is -4.18. The zero-order valence-electron chi connectivity index (χ0n) is 20.7. The number of aliphatic carboxylic acids is 1. The van der Waals surface area contributed by atoms with Gasteiger partial charge in [0.25, 0.3) is 0 Å². The van der Waals surface area contributed by atoms with E-state index in [0.717, 1.165) is 37.1 Å². The number of carbonyl (C=O) groups is 3. The molecule has 37 heavy (non-hydrogen) atoms. The molecule has 3 rings (SSSR count). The number of hydrogen-bond acceptors (Lipinski definition) is 6. The van der Waals surface area contributed by atoms with E-state index in [2.05, 4.69) is 5.32 Å². The van der Waals surface area contributed by atoms with Crippen LogP contribution in [-0.2, 0) is 9.59 Å². The van der Waals surface area contributed by atoms with Crippen LogP contribution in [-0.4, -0.2) is 59.6 Å². The van der Waals surface area contributed by atoms with Crippen molar-refractivity contribution in [1.82, 2.24) is 5.32 Å². The minimum absolute atomic E-state index is 0.0635. The van der Waals surface area contributed by atoms with Gasteiger partial charge in [0.15, 0.2) is 0 Å². The van der Waals surface area contributed by atoms with Crippen LogP contribution in [0.2, 0.25) is 0 Å². The molecule has 0 aromatic heterocycles. The molecular formula is C27H32N4O6. The van der Waals surface area contributed by atoms with Crippen LogP contribution in [0.25, 0.3) is 6.08 Å². The Kier molecular flexibility index (Phi) is 9.39. The molecule has 10 nitrogen and oxygen atoms in total. The number of amidine groups is 1. The van der Waals surface area contributed by atoms with Crippen molar-refractivity contribution in [2.45, 2.75) is 38.7 Å². The Labute approximate surface area is 215 Å². The number of rotatable bonds is 11. The monoisotopic (exact) mass is 508 g/mol. The molecule has 196 valence electrons. The topological polar surface area (TPSA) is 166 Å². The number of anilines is 1. The number of carboxylic acids is 2. The van der Waals surface area contributed by atoms with Crippen LogP contribution in [0.3, 0.4) is 0 Å². The summed E-state index contributed by atoms with van der Waals surface area (Å²) < 4.78 is 5.97. The van der Waals surface area contributed by atoms with Crippen molar-refractivity contribution in [1.29, 1.82) is 5.41 Å². The van der Waals surface area contributed by atoms with E-state index in [9.17, 15) is 19.5 Å². The van der Waals surface area contributed by atoms with Crippen LogP contribution in [0.15, 0.2) is 48.0 Å². The summed E-state index contributed by atoms with van der Waals surface area (Å²) in [4.78, 5) is 37.6. The lowest BCUT2D eigenvalue weighted by Crippen LogP contribution is -2.34. The van der Waals surface area contributed by atoms with Crippen molar-refractivity contribution in [3.8, 4) is 5.75 Å². The molecule has 1 saturated heterocycles. The Balaban J connectivity index is 1.91. The first-order valence-electron chi connectivity index (χ1n) is 12.0. The molecule has 0 atom stereocenters. The second-order valence-corrected chi connectivity index (χ2v) is 8.96. The highest BCUT2D eigenvalue weighted by Crippen LogP contribution is 2.29. The van der Waals surface area contributed by atoms with Gasteiger partial charge in [0.1, 0.15) is 23.3 Å². The van der Waals surface area contributed by atoms with Gasteiger partial charge >= 0.3 is 11.9 Å². The van der Waals surface area contributed by atoms with Crippen molar-refractivity contribution < 1.29 is 29.3 Å². The molecule has 2 aromatic carbocycles. The van der Waals surface area contributed by atoms with Gasteiger partial charge in [-0.05, 0) is 62.7 Å². The number of carboxylic acid groups (broad SMARTS) is 2. The molecular weight excluding hydrogens is 476 g/mol. The van der Waals surface area contributed by atoms with E-state index in [-0.39, 0.29) is 42.6 Å². The predicted molar refractivity (Wildman–Crippen MR) is 140 cm³/mol. The molecule has 1 heterocycles. The van der Waals surface area contributed by atoms with E-state index in [0.29, 0.717) is 11.3 Å². The highest BCUT2D eigenvalue weighted by Gasteiger charge is 2.23. The summed E-state index contributed by atoms with van der Waals surface area (Å²) in [5.41, 5.74) is 7.94. The SMILES string of the molecule is CC(=Cc1cccc(C(=N)N)c1)CN(C(=O)CCC(=O)O)c1ccc(OC2CCNCC2)c(C(=O)O)c1. The summed E-state index contributed by atoms with van der Waals surface area (Å²) in [6, 6.07) is 11.6. The number of benzene rings is 2. The maximum atomic E-state index is 13.1. The maximum absolute atomic E-state index is 13.1. The summed E-state index contributed by atoms with van der Waals surface area (Å²) in [5.74, 6) is -2.56. The lowest BCUT2D eigenvalue weighted by Gasteiger charge is -2.26. The molecule has 0 unspecified atom stereocenters. The summed E-state index contributed by atoms with van der Waals surface area (Å²) in [6.45, 7) is 3.50. The van der Waals surface area contributed by atoms with E-state index in [1.54, 1.807) is 30.3 Å². The number of nitrogen functional groups attached to an aromatic ring is 1. The number of piperidine rings is 1. The lowest BCUT2D eigenvalue weighted by atomic mass is 10.1. The number of nitrogens with two attached hydrogens (primary N) is 1. The third kappa shape index (κ3) is 7.91. The normalized spacial score (nSPS) is 14.1. The van der Waals surface area contributed by atoms with Crippen molar-refractivity contribution in [2.75, 3.05) is 24.5 Å². The first kappa shape index (κ1) is 27.4. The minimum Gasteiger partial charge on any atom is -0.489 e. The fourth-order valence-electron chi connectivity index (χ4n) is 4.10. The molecule has 10 heteroatoms. The highest BCUT2D eigenvalue weighted by molar-refractivity contribution is 5.98. The molecule has 6 N–H and O–H groups in total. The van der Waals surface area contributed by atoms with Gasteiger partial charge < -0.3 is 30.9 Å². The van der Waals surface area contributed by atoms with Crippen LogP contribution < -0.4 is 20.7 Å². The molecule has 0 bridgehead atoms. The number of amides is 1. The van der Waals surface area contributed by atoms with Crippen LogP contribution >= 0.6 is 0 Å². The van der Waals surface area contributed by atoms with Crippen molar-refractivity contribution in [2.24, 2.45) is 5.73 Å². The van der Waals surface area contributed by atoms with Crippen LogP contribution in [0.4, 0.5) is 5.69 Å². The van der Waals surface area contributed by atoms with Crippen LogP contribution in [0.5, 0.6) is 5.75 Å². The van der Waals surface area contributed by atoms with E-state index in [1.165, 1.54) is 11.0 Å². The summed E-state index contributed by atoms with van der Waals surface area (Å²) >= 11 is 0. The lowest BCUT2D eigenvalue weighted by molar-refractivity contribution is -0.138. The Morgan fingerprint density at radius 2 is 1.86 bits per heavy atom. The molecule has 0 radical (unpaired) electrons. The zero-order chi connectivity index (χ0) is 26.9. The minimum atomic E-state index is -1.18. The second-order valence-electron chi connectivity index (χ2n) is 8.96. The van der Waals surface area contributed by atoms with Gasteiger partial charge in [0, 0.05) is 24.2 Å². The zero-order valence-corrected chi connectivity index (χ0v) is 20.7. The average molecular weight is 509 g/mol. The molecule has 1 amide bonds. The van der Waals surface area contributed by atoms with Gasteiger partial charge in [-0.15, -0.1) is 0 Å². The third-order valence-electron chi connectivity index (χ3n) is 5.96. The Bertz CT molecular complexity index is 1200. The van der Waals surface area contributed by atoms with Gasteiger partial charge in [-0.1, -0.05) is 29.8 Å². The first-order valence-corrected chi connectivity index (χ1v) is 12.0. The molecule has 1 aliphatic heterocycles.